The molecule has 0 amide bonds. The summed E-state index contributed by atoms with van der Waals surface area (Å²) in [6, 6.07) is 12.3. The third-order valence-electron chi connectivity index (χ3n) is 3.26. The predicted molar refractivity (Wildman–Crippen MR) is 88.6 cm³/mol. The molecule has 2 aromatic rings. The highest BCUT2D eigenvalue weighted by Crippen LogP contribution is 2.10. The van der Waals surface area contributed by atoms with Gasteiger partial charge in [0.25, 0.3) is 0 Å². The molecule has 1 aromatic carbocycles. The fourth-order valence-electron chi connectivity index (χ4n) is 2.01. The molecule has 0 aliphatic rings. The van der Waals surface area contributed by atoms with Gasteiger partial charge in [-0.3, -0.25) is 9.98 Å². The smallest absolute Gasteiger partial charge is 0.193 e. The molecule has 0 atom stereocenters. The lowest BCUT2D eigenvalue weighted by Gasteiger charge is -2.07. The Labute approximate surface area is 126 Å². The van der Waals surface area contributed by atoms with Crippen LogP contribution in [0.5, 0.6) is 0 Å². The summed E-state index contributed by atoms with van der Waals surface area (Å²) in [5, 5.41) is 3.12. The maximum absolute atomic E-state index is 5.91. The standard InChI is InChI=1S/C17H22N4/c1-3-14-5-4-6-16(11-14)21-17(18)19-10-9-15-8-7-13(2)20-12-15/h4-8,11-12H,3,9-10H2,1-2H3,(H3,18,19,21). The summed E-state index contributed by atoms with van der Waals surface area (Å²) in [6.07, 6.45) is 3.73. The lowest BCUT2D eigenvalue weighted by Crippen LogP contribution is -2.23. The van der Waals surface area contributed by atoms with Gasteiger partial charge in [0.05, 0.1) is 0 Å². The first-order chi connectivity index (χ1) is 10.2. The van der Waals surface area contributed by atoms with E-state index in [1.807, 2.05) is 31.3 Å². The number of hydrogen-bond donors (Lipinski definition) is 2. The zero-order valence-corrected chi connectivity index (χ0v) is 12.6. The second-order valence-electron chi connectivity index (χ2n) is 5.00. The number of nitrogens with two attached hydrogens (primary N) is 1. The highest BCUT2D eigenvalue weighted by Gasteiger charge is 1.97. The van der Waals surface area contributed by atoms with Crippen LogP contribution in [0.4, 0.5) is 5.69 Å². The number of benzene rings is 1. The van der Waals surface area contributed by atoms with Gasteiger partial charge in [-0.15, -0.1) is 0 Å². The number of guanidine groups is 1. The Bertz CT molecular complexity index is 602. The average Bonchev–Trinajstić information content (AvgIpc) is 2.49. The molecule has 0 bridgehead atoms. The molecule has 110 valence electrons. The number of pyridine rings is 1. The number of rotatable bonds is 5. The molecule has 0 radical (unpaired) electrons. The third-order valence-corrected chi connectivity index (χ3v) is 3.26. The summed E-state index contributed by atoms with van der Waals surface area (Å²) in [4.78, 5) is 8.62. The molecule has 0 fully saturated rings. The van der Waals surface area contributed by atoms with Crippen LogP contribution < -0.4 is 11.1 Å². The summed E-state index contributed by atoms with van der Waals surface area (Å²) in [5.41, 5.74) is 10.4. The topological polar surface area (TPSA) is 63.3 Å². The van der Waals surface area contributed by atoms with E-state index >= 15 is 0 Å². The highest BCUT2D eigenvalue weighted by molar-refractivity contribution is 5.92. The van der Waals surface area contributed by atoms with Crippen molar-refractivity contribution in [3.05, 3.63) is 59.4 Å². The monoisotopic (exact) mass is 282 g/mol. The summed E-state index contributed by atoms with van der Waals surface area (Å²) in [6.45, 7) is 4.76. The van der Waals surface area contributed by atoms with Crippen molar-refractivity contribution in [1.82, 2.24) is 4.98 Å². The van der Waals surface area contributed by atoms with E-state index in [0.717, 1.165) is 24.2 Å². The Morgan fingerprint density at radius 3 is 2.81 bits per heavy atom. The molecule has 0 unspecified atom stereocenters. The predicted octanol–water partition coefficient (Wildman–Crippen LogP) is 2.92. The fraction of sp³-hybridized carbons (Fsp3) is 0.294. The molecule has 0 saturated carbocycles. The number of nitrogens with zero attached hydrogens (tertiary/aromatic N) is 2. The van der Waals surface area contributed by atoms with Crippen molar-refractivity contribution in [3.8, 4) is 0 Å². The number of anilines is 1. The van der Waals surface area contributed by atoms with Gasteiger partial charge >= 0.3 is 0 Å². The SMILES string of the molecule is CCc1cccc(NC(N)=NCCc2ccc(C)nc2)c1. The number of hydrogen-bond acceptors (Lipinski definition) is 2. The molecule has 1 heterocycles. The Balaban J connectivity index is 1.87. The quantitative estimate of drug-likeness (QED) is 0.654. The molecule has 0 spiro atoms. The van der Waals surface area contributed by atoms with Crippen molar-refractivity contribution in [1.29, 1.82) is 0 Å². The number of aromatic nitrogens is 1. The van der Waals surface area contributed by atoms with Crippen LogP contribution in [-0.2, 0) is 12.8 Å². The van der Waals surface area contributed by atoms with Crippen molar-refractivity contribution < 1.29 is 0 Å². The van der Waals surface area contributed by atoms with Gasteiger partial charge in [0.1, 0.15) is 0 Å². The van der Waals surface area contributed by atoms with Gasteiger partial charge in [-0.1, -0.05) is 25.1 Å². The Hall–Kier alpha value is -2.36. The minimum atomic E-state index is 0.448. The second kappa shape index (κ2) is 7.43. The van der Waals surface area contributed by atoms with Gasteiger partial charge in [-0.25, -0.2) is 0 Å². The first-order valence-corrected chi connectivity index (χ1v) is 7.25. The summed E-state index contributed by atoms with van der Waals surface area (Å²) in [7, 11) is 0. The Morgan fingerprint density at radius 1 is 1.24 bits per heavy atom. The van der Waals surface area contributed by atoms with Crippen LogP contribution in [0.25, 0.3) is 0 Å². The van der Waals surface area contributed by atoms with Crippen LogP contribution in [0.3, 0.4) is 0 Å². The van der Waals surface area contributed by atoms with Gasteiger partial charge in [0.15, 0.2) is 5.96 Å². The zero-order chi connectivity index (χ0) is 15.1. The van der Waals surface area contributed by atoms with E-state index in [1.165, 1.54) is 11.1 Å². The molecule has 0 saturated heterocycles. The number of nitrogens with one attached hydrogen (secondary N) is 1. The molecule has 0 aliphatic heterocycles. The highest BCUT2D eigenvalue weighted by atomic mass is 15.1. The molecule has 0 aliphatic carbocycles. The minimum absolute atomic E-state index is 0.448. The van der Waals surface area contributed by atoms with E-state index < -0.39 is 0 Å². The van der Waals surface area contributed by atoms with E-state index in [0.29, 0.717) is 12.5 Å². The van der Waals surface area contributed by atoms with E-state index in [9.17, 15) is 0 Å². The second-order valence-corrected chi connectivity index (χ2v) is 5.00. The van der Waals surface area contributed by atoms with Crippen LogP contribution in [-0.4, -0.2) is 17.5 Å². The average molecular weight is 282 g/mol. The molecule has 4 nitrogen and oxygen atoms in total. The van der Waals surface area contributed by atoms with E-state index in [4.69, 9.17) is 5.73 Å². The van der Waals surface area contributed by atoms with Crippen molar-refractivity contribution in [2.75, 3.05) is 11.9 Å². The molecular formula is C17H22N4. The first-order valence-electron chi connectivity index (χ1n) is 7.25. The van der Waals surface area contributed by atoms with Crippen LogP contribution in [0.1, 0.15) is 23.7 Å². The van der Waals surface area contributed by atoms with E-state index in [1.54, 1.807) is 0 Å². The van der Waals surface area contributed by atoms with Crippen molar-refractivity contribution in [3.63, 3.8) is 0 Å². The van der Waals surface area contributed by atoms with Crippen molar-refractivity contribution in [2.24, 2.45) is 10.7 Å². The van der Waals surface area contributed by atoms with E-state index in [-0.39, 0.29) is 0 Å². The zero-order valence-electron chi connectivity index (χ0n) is 12.6. The van der Waals surface area contributed by atoms with Crippen molar-refractivity contribution in [2.45, 2.75) is 26.7 Å². The molecule has 1 aromatic heterocycles. The molecular weight excluding hydrogens is 260 g/mol. The molecule has 21 heavy (non-hydrogen) atoms. The van der Waals surface area contributed by atoms with Gasteiger partial charge in [-0.2, -0.15) is 0 Å². The number of aryl methyl sites for hydroxylation is 2. The largest absolute Gasteiger partial charge is 0.370 e. The maximum Gasteiger partial charge on any atom is 0.193 e. The summed E-state index contributed by atoms with van der Waals surface area (Å²) < 4.78 is 0. The fourth-order valence-corrected chi connectivity index (χ4v) is 2.01. The Morgan fingerprint density at radius 2 is 2.10 bits per heavy atom. The van der Waals surface area contributed by atoms with Gasteiger partial charge in [0.2, 0.25) is 0 Å². The van der Waals surface area contributed by atoms with Crippen LogP contribution in [0.2, 0.25) is 0 Å². The lowest BCUT2D eigenvalue weighted by molar-refractivity contribution is 0.950. The number of aliphatic imine (C=N–C) groups is 1. The van der Waals surface area contributed by atoms with Crippen molar-refractivity contribution >= 4 is 11.6 Å². The normalized spacial score (nSPS) is 11.4. The lowest BCUT2D eigenvalue weighted by atomic mass is 10.1. The maximum atomic E-state index is 5.91. The van der Waals surface area contributed by atoms with E-state index in [2.05, 4.69) is 40.4 Å². The van der Waals surface area contributed by atoms with Gasteiger partial charge in [-0.05, 0) is 49.1 Å². The third kappa shape index (κ3) is 4.91. The Kier molecular flexibility index (Phi) is 5.32. The summed E-state index contributed by atoms with van der Waals surface area (Å²) >= 11 is 0. The first kappa shape index (κ1) is 15.0. The van der Waals surface area contributed by atoms with Gasteiger partial charge in [0, 0.05) is 24.1 Å². The van der Waals surface area contributed by atoms with Crippen LogP contribution in [0.15, 0.2) is 47.6 Å². The van der Waals surface area contributed by atoms with Gasteiger partial charge < -0.3 is 11.1 Å². The molecule has 3 N–H and O–H groups in total. The minimum Gasteiger partial charge on any atom is -0.370 e. The van der Waals surface area contributed by atoms with Crippen LogP contribution >= 0.6 is 0 Å². The molecule has 4 heteroatoms. The summed E-state index contributed by atoms with van der Waals surface area (Å²) in [5.74, 6) is 0.448. The van der Waals surface area contributed by atoms with Crippen LogP contribution in [0, 0.1) is 6.92 Å². The molecule has 2 rings (SSSR count).